The van der Waals surface area contributed by atoms with E-state index in [0.29, 0.717) is 13.0 Å². The topological polar surface area (TPSA) is 60.9 Å². The van der Waals surface area contributed by atoms with Crippen LogP contribution in [-0.4, -0.2) is 42.1 Å². The highest BCUT2D eigenvalue weighted by Gasteiger charge is 2.48. The molecule has 5 nitrogen and oxygen atoms in total. The molecule has 0 radical (unpaired) electrons. The number of carbonyl (C=O) groups excluding carboxylic acids is 1. The zero-order valence-corrected chi connectivity index (χ0v) is 13.6. The van der Waals surface area contributed by atoms with Crippen molar-refractivity contribution in [3.05, 3.63) is 66.2 Å². The van der Waals surface area contributed by atoms with Gasteiger partial charge in [-0.15, -0.1) is 0 Å². The predicted molar refractivity (Wildman–Crippen MR) is 92.2 cm³/mol. The third-order valence-electron chi connectivity index (χ3n) is 4.71. The first-order valence-electron chi connectivity index (χ1n) is 7.91. The van der Waals surface area contributed by atoms with E-state index in [2.05, 4.69) is 0 Å². The summed E-state index contributed by atoms with van der Waals surface area (Å²) in [4.78, 5) is 27.9. The lowest BCUT2D eigenvalue weighted by molar-refractivity contribution is -0.143. The number of urea groups is 1. The second-order valence-corrected chi connectivity index (χ2v) is 6.10. The van der Waals surface area contributed by atoms with Crippen molar-refractivity contribution in [2.45, 2.75) is 11.8 Å². The SMILES string of the molecule is CN(C(=O)N1CCC(C(=O)O)(c2ccccc2)C1)c1ccccc1. The van der Waals surface area contributed by atoms with Gasteiger partial charge in [0.15, 0.2) is 0 Å². The number of carboxylic acids is 1. The molecule has 5 heteroatoms. The van der Waals surface area contributed by atoms with Gasteiger partial charge in [-0.05, 0) is 24.1 Å². The summed E-state index contributed by atoms with van der Waals surface area (Å²) in [6, 6.07) is 18.3. The fourth-order valence-corrected chi connectivity index (χ4v) is 3.24. The number of amides is 2. The van der Waals surface area contributed by atoms with E-state index in [1.165, 1.54) is 0 Å². The van der Waals surface area contributed by atoms with Crippen molar-refractivity contribution in [2.75, 3.05) is 25.0 Å². The normalized spacial score (nSPS) is 20.0. The van der Waals surface area contributed by atoms with Crippen molar-refractivity contribution in [2.24, 2.45) is 0 Å². The summed E-state index contributed by atoms with van der Waals surface area (Å²) < 4.78 is 0. The molecule has 2 aromatic rings. The lowest BCUT2D eigenvalue weighted by Crippen LogP contribution is -2.44. The molecule has 1 aliphatic rings. The Labute approximate surface area is 141 Å². The second kappa shape index (κ2) is 6.35. The van der Waals surface area contributed by atoms with Crippen LogP contribution < -0.4 is 4.90 Å². The molecule has 1 atom stereocenters. The third-order valence-corrected chi connectivity index (χ3v) is 4.71. The van der Waals surface area contributed by atoms with Gasteiger partial charge < -0.3 is 10.0 Å². The molecule has 0 aromatic heterocycles. The summed E-state index contributed by atoms with van der Waals surface area (Å²) in [6.45, 7) is 0.611. The van der Waals surface area contributed by atoms with Gasteiger partial charge in [-0.3, -0.25) is 9.69 Å². The van der Waals surface area contributed by atoms with Crippen LogP contribution in [0.1, 0.15) is 12.0 Å². The Morgan fingerprint density at radius 3 is 2.21 bits per heavy atom. The molecule has 1 aliphatic heterocycles. The van der Waals surface area contributed by atoms with Gasteiger partial charge in [-0.1, -0.05) is 48.5 Å². The molecule has 0 spiro atoms. The number of likely N-dealkylation sites (tertiary alicyclic amines) is 1. The summed E-state index contributed by atoms with van der Waals surface area (Å²) in [6.07, 6.45) is 0.417. The van der Waals surface area contributed by atoms with Gasteiger partial charge in [-0.2, -0.15) is 0 Å². The molecule has 1 unspecified atom stereocenters. The minimum Gasteiger partial charge on any atom is -0.481 e. The molecule has 2 aromatic carbocycles. The largest absolute Gasteiger partial charge is 0.481 e. The van der Waals surface area contributed by atoms with Crippen molar-refractivity contribution >= 4 is 17.7 Å². The Bertz CT molecular complexity index is 733. The minimum atomic E-state index is -1.03. The molecule has 24 heavy (non-hydrogen) atoms. The van der Waals surface area contributed by atoms with Crippen LogP contribution in [0.5, 0.6) is 0 Å². The highest BCUT2D eigenvalue weighted by molar-refractivity contribution is 5.93. The summed E-state index contributed by atoms with van der Waals surface area (Å²) in [7, 11) is 1.71. The van der Waals surface area contributed by atoms with Gasteiger partial charge in [-0.25, -0.2) is 4.79 Å². The van der Waals surface area contributed by atoms with Gasteiger partial charge >= 0.3 is 12.0 Å². The maximum absolute atomic E-state index is 12.7. The number of hydrogen-bond donors (Lipinski definition) is 1. The van der Waals surface area contributed by atoms with E-state index in [-0.39, 0.29) is 12.6 Å². The van der Waals surface area contributed by atoms with Crippen molar-refractivity contribution in [1.29, 1.82) is 0 Å². The number of carbonyl (C=O) groups is 2. The molecule has 1 saturated heterocycles. The van der Waals surface area contributed by atoms with Gasteiger partial charge in [0.05, 0.1) is 0 Å². The van der Waals surface area contributed by atoms with Crippen LogP contribution in [0.15, 0.2) is 60.7 Å². The van der Waals surface area contributed by atoms with Gasteiger partial charge in [0.1, 0.15) is 5.41 Å². The number of rotatable bonds is 3. The van der Waals surface area contributed by atoms with Crippen LogP contribution in [-0.2, 0) is 10.2 Å². The van der Waals surface area contributed by atoms with E-state index >= 15 is 0 Å². The van der Waals surface area contributed by atoms with Crippen molar-refractivity contribution in [1.82, 2.24) is 4.90 Å². The van der Waals surface area contributed by atoms with Crippen LogP contribution in [0.3, 0.4) is 0 Å². The summed E-state index contributed by atoms with van der Waals surface area (Å²) in [5.41, 5.74) is 0.499. The fourth-order valence-electron chi connectivity index (χ4n) is 3.24. The molecule has 2 amide bonds. The van der Waals surface area contributed by atoms with Crippen molar-refractivity contribution in [3.63, 3.8) is 0 Å². The molecule has 1 N–H and O–H groups in total. The zero-order chi connectivity index (χ0) is 17.2. The standard InChI is InChI=1S/C19H20N2O3/c1-20(16-10-6-3-7-11-16)18(24)21-13-12-19(14-21,17(22)23)15-8-4-2-5-9-15/h2-11H,12-14H2,1H3,(H,22,23). The first kappa shape index (κ1) is 16.1. The summed E-state index contributed by atoms with van der Waals surface area (Å²) in [5.74, 6) is -0.883. The Hall–Kier alpha value is -2.82. The Balaban J connectivity index is 1.83. The van der Waals surface area contributed by atoms with Gasteiger partial charge in [0.2, 0.25) is 0 Å². The quantitative estimate of drug-likeness (QED) is 0.944. The van der Waals surface area contributed by atoms with E-state index in [1.54, 1.807) is 16.8 Å². The lowest BCUT2D eigenvalue weighted by atomic mass is 9.80. The van der Waals surface area contributed by atoms with Crippen LogP contribution in [0, 0.1) is 0 Å². The molecular formula is C19H20N2O3. The number of benzene rings is 2. The fraction of sp³-hybridized carbons (Fsp3) is 0.263. The molecule has 0 bridgehead atoms. The van der Waals surface area contributed by atoms with E-state index < -0.39 is 11.4 Å². The first-order valence-corrected chi connectivity index (χ1v) is 7.91. The predicted octanol–water partition coefficient (Wildman–Crippen LogP) is 2.97. The molecular weight excluding hydrogens is 304 g/mol. The smallest absolute Gasteiger partial charge is 0.324 e. The Morgan fingerprint density at radius 1 is 1.04 bits per heavy atom. The van der Waals surface area contributed by atoms with E-state index in [0.717, 1.165) is 11.3 Å². The maximum Gasteiger partial charge on any atom is 0.324 e. The number of anilines is 1. The van der Waals surface area contributed by atoms with Crippen LogP contribution >= 0.6 is 0 Å². The molecule has 0 aliphatic carbocycles. The third kappa shape index (κ3) is 2.73. The molecule has 1 heterocycles. The summed E-state index contributed by atoms with van der Waals surface area (Å²) in [5, 5.41) is 9.82. The van der Waals surface area contributed by atoms with Crippen LogP contribution in [0.2, 0.25) is 0 Å². The maximum atomic E-state index is 12.7. The molecule has 124 valence electrons. The molecule has 0 saturated carbocycles. The second-order valence-electron chi connectivity index (χ2n) is 6.10. The van der Waals surface area contributed by atoms with Crippen molar-refractivity contribution < 1.29 is 14.7 Å². The van der Waals surface area contributed by atoms with E-state index in [1.807, 2.05) is 60.7 Å². The van der Waals surface area contributed by atoms with Gasteiger partial charge in [0.25, 0.3) is 0 Å². The number of nitrogens with zero attached hydrogens (tertiary/aromatic N) is 2. The number of para-hydroxylation sites is 1. The molecule has 3 rings (SSSR count). The summed E-state index contributed by atoms with van der Waals surface area (Å²) >= 11 is 0. The highest BCUT2D eigenvalue weighted by Crippen LogP contribution is 2.35. The zero-order valence-electron chi connectivity index (χ0n) is 13.6. The average Bonchev–Trinajstić information content (AvgIpc) is 3.09. The van der Waals surface area contributed by atoms with Crippen LogP contribution in [0.25, 0.3) is 0 Å². The first-order chi connectivity index (χ1) is 11.5. The number of carboxylic acid groups (broad SMARTS) is 1. The Kier molecular flexibility index (Phi) is 4.25. The van der Waals surface area contributed by atoms with Crippen molar-refractivity contribution in [3.8, 4) is 0 Å². The highest BCUT2D eigenvalue weighted by atomic mass is 16.4. The number of hydrogen-bond acceptors (Lipinski definition) is 2. The Morgan fingerprint density at radius 2 is 1.62 bits per heavy atom. The van der Waals surface area contributed by atoms with Crippen LogP contribution in [0.4, 0.5) is 10.5 Å². The van der Waals surface area contributed by atoms with E-state index in [9.17, 15) is 14.7 Å². The minimum absolute atomic E-state index is 0.180. The average molecular weight is 324 g/mol. The number of aliphatic carboxylic acids is 1. The molecule has 1 fully saturated rings. The van der Waals surface area contributed by atoms with E-state index in [4.69, 9.17) is 0 Å². The monoisotopic (exact) mass is 324 g/mol. The van der Waals surface area contributed by atoms with Gasteiger partial charge in [0, 0.05) is 25.8 Å². The lowest BCUT2D eigenvalue weighted by Gasteiger charge is -2.28.